The summed E-state index contributed by atoms with van der Waals surface area (Å²) in [5, 5.41) is 7.31. The first-order valence-electron chi connectivity index (χ1n) is 8.06. The first kappa shape index (κ1) is 15.4. The molecular formula is C17H19N3O3S. The molecule has 0 spiro atoms. The first-order valence-corrected chi connectivity index (χ1v) is 8.87. The van der Waals surface area contributed by atoms with Gasteiger partial charge in [0.2, 0.25) is 5.88 Å². The Bertz CT molecular complexity index is 731. The Labute approximate surface area is 144 Å². The van der Waals surface area contributed by atoms with E-state index in [1.54, 1.807) is 37.6 Å². The van der Waals surface area contributed by atoms with Gasteiger partial charge >= 0.3 is 0 Å². The molecule has 6 nitrogen and oxygen atoms in total. The van der Waals surface area contributed by atoms with Gasteiger partial charge < -0.3 is 20.1 Å². The monoisotopic (exact) mass is 345 g/mol. The van der Waals surface area contributed by atoms with Crippen molar-refractivity contribution in [2.24, 2.45) is 0 Å². The minimum Gasteiger partial charge on any atom is -0.495 e. The second-order valence-electron chi connectivity index (χ2n) is 6.12. The summed E-state index contributed by atoms with van der Waals surface area (Å²) in [6.07, 6.45) is 5.00. The molecule has 2 saturated heterocycles. The van der Waals surface area contributed by atoms with Crippen LogP contribution in [0, 0.1) is 0 Å². The van der Waals surface area contributed by atoms with E-state index < -0.39 is 0 Å². The molecule has 3 unspecified atom stereocenters. The lowest BCUT2D eigenvalue weighted by Gasteiger charge is -2.20. The van der Waals surface area contributed by atoms with Crippen LogP contribution in [0.25, 0.3) is 0 Å². The summed E-state index contributed by atoms with van der Waals surface area (Å²) in [5.74, 6) is 1.12. The van der Waals surface area contributed by atoms with Crippen LogP contribution in [-0.2, 0) is 0 Å². The normalized spacial score (nSPS) is 24.8. The maximum atomic E-state index is 12.4. The van der Waals surface area contributed by atoms with Crippen molar-refractivity contribution in [3.8, 4) is 16.7 Å². The molecule has 2 aromatic rings. The molecule has 2 N–H and O–H groups in total. The van der Waals surface area contributed by atoms with Gasteiger partial charge in [0.1, 0.15) is 5.75 Å². The molecule has 2 aromatic heterocycles. The highest BCUT2D eigenvalue weighted by Gasteiger charge is 2.39. The predicted octanol–water partition coefficient (Wildman–Crippen LogP) is 2.57. The largest absolute Gasteiger partial charge is 0.495 e. The minimum absolute atomic E-state index is 0.0307. The third-order valence-electron chi connectivity index (χ3n) is 4.57. The minimum atomic E-state index is -0.0307. The van der Waals surface area contributed by atoms with Crippen molar-refractivity contribution in [2.75, 3.05) is 7.11 Å². The molecule has 1 amide bonds. The highest BCUT2D eigenvalue weighted by Crippen LogP contribution is 2.31. The van der Waals surface area contributed by atoms with Gasteiger partial charge in [0.25, 0.3) is 5.91 Å². The van der Waals surface area contributed by atoms with Crippen LogP contribution in [0.4, 0.5) is 0 Å². The lowest BCUT2D eigenvalue weighted by Crippen LogP contribution is -2.42. The van der Waals surface area contributed by atoms with Gasteiger partial charge in [-0.25, -0.2) is 4.98 Å². The van der Waals surface area contributed by atoms with Gasteiger partial charge in [0.15, 0.2) is 5.06 Å². The first-order chi connectivity index (χ1) is 11.7. The molecule has 2 fully saturated rings. The number of amides is 1. The molecule has 3 atom stereocenters. The average Bonchev–Trinajstić information content (AvgIpc) is 3.32. The van der Waals surface area contributed by atoms with Gasteiger partial charge in [-0.05, 0) is 37.5 Å². The van der Waals surface area contributed by atoms with Crippen LogP contribution in [0.1, 0.15) is 28.9 Å². The topological polar surface area (TPSA) is 72.5 Å². The van der Waals surface area contributed by atoms with E-state index in [9.17, 15) is 4.79 Å². The molecule has 0 saturated carbocycles. The molecule has 0 aliphatic carbocycles. The quantitative estimate of drug-likeness (QED) is 0.871. The predicted molar refractivity (Wildman–Crippen MR) is 91.0 cm³/mol. The van der Waals surface area contributed by atoms with E-state index in [0.717, 1.165) is 12.8 Å². The van der Waals surface area contributed by atoms with Crippen LogP contribution >= 0.6 is 11.3 Å². The lowest BCUT2D eigenvalue weighted by atomic mass is 9.95. The van der Waals surface area contributed by atoms with Crippen molar-refractivity contribution >= 4 is 17.2 Å². The van der Waals surface area contributed by atoms with Crippen LogP contribution in [0.15, 0.2) is 30.5 Å². The molecule has 24 heavy (non-hydrogen) atoms. The summed E-state index contributed by atoms with van der Waals surface area (Å²) >= 11 is 1.32. The molecule has 0 aromatic carbocycles. The third kappa shape index (κ3) is 3.09. The Kier molecular flexibility index (Phi) is 4.12. The van der Waals surface area contributed by atoms with E-state index in [2.05, 4.69) is 15.6 Å². The molecule has 0 radical (unpaired) electrons. The van der Waals surface area contributed by atoms with Gasteiger partial charge in [-0.3, -0.25) is 4.79 Å². The number of ether oxygens (including phenoxy) is 2. The van der Waals surface area contributed by atoms with Crippen molar-refractivity contribution in [3.63, 3.8) is 0 Å². The number of aromatic nitrogens is 1. The second-order valence-corrected chi connectivity index (χ2v) is 7.17. The molecule has 2 bridgehead atoms. The summed E-state index contributed by atoms with van der Waals surface area (Å²) in [7, 11) is 1.59. The van der Waals surface area contributed by atoms with E-state index in [1.807, 2.05) is 0 Å². The van der Waals surface area contributed by atoms with Gasteiger partial charge in [0.05, 0.1) is 18.2 Å². The van der Waals surface area contributed by atoms with Crippen molar-refractivity contribution in [1.82, 2.24) is 15.6 Å². The van der Waals surface area contributed by atoms with Crippen molar-refractivity contribution in [2.45, 2.75) is 37.4 Å². The Morgan fingerprint density at radius 3 is 2.92 bits per heavy atom. The van der Waals surface area contributed by atoms with Crippen molar-refractivity contribution in [1.29, 1.82) is 0 Å². The Morgan fingerprint density at radius 2 is 2.25 bits per heavy atom. The van der Waals surface area contributed by atoms with Crippen LogP contribution in [-0.4, -0.2) is 36.1 Å². The van der Waals surface area contributed by atoms with Gasteiger partial charge in [-0.1, -0.05) is 11.3 Å². The zero-order valence-corrected chi connectivity index (χ0v) is 14.1. The fourth-order valence-electron chi connectivity index (χ4n) is 3.37. The van der Waals surface area contributed by atoms with Crippen molar-refractivity contribution < 1.29 is 14.3 Å². The fourth-order valence-corrected chi connectivity index (χ4v) is 4.14. The highest BCUT2D eigenvalue weighted by molar-refractivity contribution is 7.15. The fraction of sp³-hybridized carbons (Fsp3) is 0.412. The summed E-state index contributed by atoms with van der Waals surface area (Å²) in [5.41, 5.74) is 0. The number of nitrogens with one attached hydrogen (secondary N) is 2. The number of hydrogen-bond donors (Lipinski definition) is 2. The van der Waals surface area contributed by atoms with Crippen LogP contribution in [0.2, 0.25) is 0 Å². The maximum absolute atomic E-state index is 12.4. The molecule has 4 rings (SSSR count). The second kappa shape index (κ2) is 6.41. The number of nitrogens with zero attached hydrogens (tertiary/aromatic N) is 1. The third-order valence-corrected chi connectivity index (χ3v) is 5.53. The van der Waals surface area contributed by atoms with Gasteiger partial charge in [0, 0.05) is 24.2 Å². The standard InChI is InChI=1S/C17H19N3O3S/c1-22-11-3-6-15(18-9-11)23-16-7-5-14(24-16)17(21)20-13-8-10-2-4-12(13)19-10/h3,5-7,9-10,12-13,19H,2,4,8H2,1H3,(H,20,21). The lowest BCUT2D eigenvalue weighted by molar-refractivity contribution is 0.0935. The number of carbonyl (C=O) groups is 1. The molecular weight excluding hydrogens is 326 g/mol. The number of thiophene rings is 1. The number of carbonyl (C=O) groups excluding carboxylic acids is 1. The number of rotatable bonds is 5. The number of methoxy groups -OCH3 is 1. The van der Waals surface area contributed by atoms with Crippen molar-refractivity contribution in [3.05, 3.63) is 35.3 Å². The van der Waals surface area contributed by atoms with Gasteiger partial charge in [-0.15, -0.1) is 0 Å². The molecule has 2 aliphatic rings. The van der Waals surface area contributed by atoms with Crippen LogP contribution < -0.4 is 20.1 Å². The maximum Gasteiger partial charge on any atom is 0.261 e. The van der Waals surface area contributed by atoms with E-state index in [4.69, 9.17) is 9.47 Å². The van der Waals surface area contributed by atoms with E-state index >= 15 is 0 Å². The Balaban J connectivity index is 1.37. The average molecular weight is 345 g/mol. The zero-order chi connectivity index (χ0) is 16.5. The van der Waals surface area contributed by atoms with E-state index in [0.29, 0.717) is 33.7 Å². The Morgan fingerprint density at radius 1 is 1.33 bits per heavy atom. The molecule has 7 heteroatoms. The van der Waals surface area contributed by atoms with Crippen LogP contribution in [0.3, 0.4) is 0 Å². The molecule has 4 heterocycles. The molecule has 2 aliphatic heterocycles. The SMILES string of the molecule is COc1ccc(Oc2ccc(C(=O)NC3CC4CCC3N4)s2)nc1. The van der Waals surface area contributed by atoms with Crippen LogP contribution in [0.5, 0.6) is 16.7 Å². The molecule has 126 valence electrons. The Hall–Kier alpha value is -2.12. The summed E-state index contributed by atoms with van der Waals surface area (Å²) in [4.78, 5) is 17.2. The number of fused-ring (bicyclic) bond motifs is 2. The van der Waals surface area contributed by atoms with E-state index in [1.165, 1.54) is 17.8 Å². The number of pyridine rings is 1. The summed E-state index contributed by atoms with van der Waals surface area (Å²) in [6.45, 7) is 0. The zero-order valence-electron chi connectivity index (χ0n) is 13.3. The summed E-state index contributed by atoms with van der Waals surface area (Å²) < 4.78 is 10.8. The summed E-state index contributed by atoms with van der Waals surface area (Å²) in [6, 6.07) is 8.35. The van der Waals surface area contributed by atoms with Gasteiger partial charge in [-0.2, -0.15) is 0 Å². The number of hydrogen-bond acceptors (Lipinski definition) is 6. The van der Waals surface area contributed by atoms with E-state index in [-0.39, 0.29) is 11.9 Å². The smallest absolute Gasteiger partial charge is 0.261 e. The highest BCUT2D eigenvalue weighted by atomic mass is 32.1.